The van der Waals surface area contributed by atoms with Crippen molar-refractivity contribution in [2.24, 2.45) is 0 Å². The van der Waals surface area contributed by atoms with Gasteiger partial charge in [0, 0.05) is 5.69 Å². The molecule has 0 aliphatic carbocycles. The number of anilines is 1. The Morgan fingerprint density at radius 2 is 1.90 bits per heavy atom. The van der Waals surface area contributed by atoms with Gasteiger partial charge in [0.1, 0.15) is 12.4 Å². The Hall–Kier alpha value is -2.70. The fourth-order valence-electron chi connectivity index (χ4n) is 1.70. The lowest BCUT2D eigenvalue weighted by molar-refractivity contribution is -0.135. The number of H-pyrrole nitrogens is 1. The number of hydrogen-bond acceptors (Lipinski definition) is 4. The number of carboxylic acids is 1. The molecule has 0 radical (unpaired) electrons. The Morgan fingerprint density at radius 3 is 2.40 bits per heavy atom. The monoisotopic (exact) mass is 274 g/mol. The lowest BCUT2D eigenvalue weighted by Gasteiger charge is -2.19. The van der Waals surface area contributed by atoms with E-state index in [9.17, 15) is 9.59 Å². The number of carbonyl (C=O) groups excluding carboxylic acids is 1. The Labute approximate surface area is 115 Å². The molecule has 2 N–H and O–H groups in total. The second kappa shape index (κ2) is 5.52. The van der Waals surface area contributed by atoms with Gasteiger partial charge in [-0.15, -0.1) is 5.10 Å². The van der Waals surface area contributed by atoms with E-state index in [2.05, 4.69) is 15.2 Å². The van der Waals surface area contributed by atoms with Gasteiger partial charge in [0.25, 0.3) is 5.91 Å². The van der Waals surface area contributed by atoms with Gasteiger partial charge in [-0.2, -0.15) is 0 Å². The highest BCUT2D eigenvalue weighted by molar-refractivity contribution is 6.05. The number of hydrogen-bond donors (Lipinski definition) is 2. The molecule has 2 aromatic rings. The maximum absolute atomic E-state index is 12.3. The van der Waals surface area contributed by atoms with Crippen LogP contribution in [0, 0.1) is 13.8 Å². The molecule has 0 fully saturated rings. The summed E-state index contributed by atoms with van der Waals surface area (Å²) < 4.78 is 0. The molecule has 0 aliphatic rings. The van der Waals surface area contributed by atoms with Crippen LogP contribution >= 0.6 is 0 Å². The Kier molecular flexibility index (Phi) is 3.79. The molecule has 1 heterocycles. The van der Waals surface area contributed by atoms with Crippen LogP contribution in [0.25, 0.3) is 0 Å². The molecule has 20 heavy (non-hydrogen) atoms. The van der Waals surface area contributed by atoms with Gasteiger partial charge in [-0.3, -0.25) is 19.6 Å². The van der Waals surface area contributed by atoms with Gasteiger partial charge in [-0.1, -0.05) is 17.7 Å². The summed E-state index contributed by atoms with van der Waals surface area (Å²) in [6.45, 7) is 3.12. The van der Waals surface area contributed by atoms with E-state index in [1.165, 1.54) is 0 Å². The Morgan fingerprint density at radius 1 is 1.25 bits per heavy atom. The molecule has 0 saturated heterocycles. The fourth-order valence-corrected chi connectivity index (χ4v) is 1.70. The van der Waals surface area contributed by atoms with E-state index in [1.54, 1.807) is 31.2 Å². The van der Waals surface area contributed by atoms with Gasteiger partial charge in [-0.05, 0) is 26.0 Å². The van der Waals surface area contributed by atoms with Crippen molar-refractivity contribution in [3.8, 4) is 0 Å². The lowest BCUT2D eigenvalue weighted by Crippen LogP contribution is -2.36. The van der Waals surface area contributed by atoms with Crippen LogP contribution < -0.4 is 4.90 Å². The van der Waals surface area contributed by atoms with Crippen LogP contribution in [-0.2, 0) is 4.79 Å². The van der Waals surface area contributed by atoms with Crippen LogP contribution in [0.1, 0.15) is 22.0 Å². The van der Waals surface area contributed by atoms with Crippen molar-refractivity contribution in [3.05, 3.63) is 41.5 Å². The standard InChI is InChI=1S/C13H14N4O3/c1-8-3-5-10(6-4-8)17(7-11(18)19)13(20)12-14-9(2)15-16-12/h3-6H,7H2,1-2H3,(H,18,19)(H,14,15,16). The molecule has 0 saturated carbocycles. The van der Waals surface area contributed by atoms with Crippen molar-refractivity contribution in [1.82, 2.24) is 15.2 Å². The van der Waals surface area contributed by atoms with Crippen LogP contribution in [0.2, 0.25) is 0 Å². The third-order valence-corrected chi connectivity index (χ3v) is 2.67. The minimum Gasteiger partial charge on any atom is -0.480 e. The Bertz CT molecular complexity index is 633. The number of nitrogens with zero attached hydrogens (tertiary/aromatic N) is 3. The zero-order chi connectivity index (χ0) is 14.7. The average molecular weight is 274 g/mol. The molecule has 0 atom stereocenters. The predicted octanol–water partition coefficient (Wildman–Crippen LogP) is 1.15. The molecule has 1 aromatic carbocycles. The van der Waals surface area contributed by atoms with Crippen molar-refractivity contribution in [2.45, 2.75) is 13.8 Å². The van der Waals surface area contributed by atoms with Crippen molar-refractivity contribution >= 4 is 17.6 Å². The van der Waals surface area contributed by atoms with Crippen molar-refractivity contribution in [3.63, 3.8) is 0 Å². The number of aryl methyl sites for hydroxylation is 2. The summed E-state index contributed by atoms with van der Waals surface area (Å²) in [6, 6.07) is 6.99. The van der Waals surface area contributed by atoms with Gasteiger partial charge < -0.3 is 5.11 Å². The fraction of sp³-hybridized carbons (Fsp3) is 0.231. The second-order valence-electron chi connectivity index (χ2n) is 4.37. The van der Waals surface area contributed by atoms with E-state index in [0.29, 0.717) is 11.5 Å². The van der Waals surface area contributed by atoms with Crippen molar-refractivity contribution < 1.29 is 14.7 Å². The Balaban J connectivity index is 2.34. The lowest BCUT2D eigenvalue weighted by atomic mass is 10.2. The zero-order valence-electron chi connectivity index (χ0n) is 11.1. The van der Waals surface area contributed by atoms with Crippen LogP contribution in [0.5, 0.6) is 0 Å². The van der Waals surface area contributed by atoms with Gasteiger partial charge in [-0.25, -0.2) is 4.98 Å². The smallest absolute Gasteiger partial charge is 0.323 e. The summed E-state index contributed by atoms with van der Waals surface area (Å²) in [7, 11) is 0. The number of aromatic amines is 1. The number of amides is 1. The predicted molar refractivity (Wildman–Crippen MR) is 71.6 cm³/mol. The van der Waals surface area contributed by atoms with E-state index >= 15 is 0 Å². The number of carboxylic acid groups (broad SMARTS) is 1. The average Bonchev–Trinajstić information content (AvgIpc) is 2.83. The van der Waals surface area contributed by atoms with Crippen molar-refractivity contribution in [1.29, 1.82) is 0 Å². The molecule has 0 aliphatic heterocycles. The first kappa shape index (κ1) is 13.7. The molecule has 7 heteroatoms. The molecule has 1 amide bonds. The molecule has 0 bridgehead atoms. The molecule has 1 aromatic heterocycles. The summed E-state index contributed by atoms with van der Waals surface area (Å²) >= 11 is 0. The molecule has 0 unspecified atom stereocenters. The summed E-state index contributed by atoms with van der Waals surface area (Å²) in [5.41, 5.74) is 1.51. The minimum atomic E-state index is -1.11. The van der Waals surface area contributed by atoms with Gasteiger partial charge >= 0.3 is 5.97 Å². The molecular formula is C13H14N4O3. The summed E-state index contributed by atoms with van der Waals surface area (Å²) in [6.07, 6.45) is 0. The molecule has 2 rings (SSSR count). The van der Waals surface area contributed by atoms with E-state index in [1.807, 2.05) is 6.92 Å². The quantitative estimate of drug-likeness (QED) is 0.871. The van der Waals surface area contributed by atoms with Crippen LogP contribution in [-0.4, -0.2) is 38.7 Å². The van der Waals surface area contributed by atoms with E-state index < -0.39 is 18.4 Å². The first-order chi connectivity index (χ1) is 9.47. The highest BCUT2D eigenvalue weighted by Gasteiger charge is 2.23. The summed E-state index contributed by atoms with van der Waals surface area (Å²) in [5.74, 6) is -1.22. The van der Waals surface area contributed by atoms with E-state index in [-0.39, 0.29) is 5.82 Å². The first-order valence-electron chi connectivity index (χ1n) is 5.96. The van der Waals surface area contributed by atoms with Gasteiger partial charge in [0.15, 0.2) is 0 Å². The number of carbonyl (C=O) groups is 2. The van der Waals surface area contributed by atoms with E-state index in [4.69, 9.17) is 5.11 Å². The SMILES string of the molecule is Cc1ccc(N(CC(=O)O)C(=O)c2n[nH]c(C)n2)cc1. The van der Waals surface area contributed by atoms with Gasteiger partial charge in [0.05, 0.1) is 0 Å². The molecular weight excluding hydrogens is 260 g/mol. The second-order valence-corrected chi connectivity index (χ2v) is 4.37. The number of aliphatic carboxylic acids is 1. The van der Waals surface area contributed by atoms with Crippen LogP contribution in [0.3, 0.4) is 0 Å². The maximum atomic E-state index is 12.3. The number of benzene rings is 1. The normalized spacial score (nSPS) is 10.3. The van der Waals surface area contributed by atoms with E-state index in [0.717, 1.165) is 10.5 Å². The topological polar surface area (TPSA) is 99.2 Å². The summed E-state index contributed by atoms with van der Waals surface area (Å²) in [5, 5.41) is 15.3. The molecule has 104 valence electrons. The highest BCUT2D eigenvalue weighted by Crippen LogP contribution is 2.16. The first-order valence-corrected chi connectivity index (χ1v) is 5.96. The minimum absolute atomic E-state index is 0.0516. The number of nitrogens with one attached hydrogen (secondary N) is 1. The third-order valence-electron chi connectivity index (χ3n) is 2.67. The highest BCUT2D eigenvalue weighted by atomic mass is 16.4. The van der Waals surface area contributed by atoms with Crippen molar-refractivity contribution in [2.75, 3.05) is 11.4 Å². The summed E-state index contributed by atoms with van der Waals surface area (Å²) in [4.78, 5) is 28.3. The third kappa shape index (κ3) is 3.00. The van der Waals surface area contributed by atoms with Crippen LogP contribution in [0.15, 0.2) is 24.3 Å². The molecule has 0 spiro atoms. The van der Waals surface area contributed by atoms with Gasteiger partial charge in [0.2, 0.25) is 5.82 Å². The largest absolute Gasteiger partial charge is 0.480 e. The number of rotatable bonds is 4. The zero-order valence-corrected chi connectivity index (χ0v) is 11.1. The maximum Gasteiger partial charge on any atom is 0.323 e. The number of aromatic nitrogens is 3. The van der Waals surface area contributed by atoms with Crippen LogP contribution in [0.4, 0.5) is 5.69 Å². The molecule has 7 nitrogen and oxygen atoms in total.